The Labute approximate surface area is 148 Å². The molecule has 2 heterocycles. The maximum absolute atomic E-state index is 5.58. The highest BCUT2D eigenvalue weighted by Gasteiger charge is 2.30. The van der Waals surface area contributed by atoms with E-state index in [1.54, 1.807) is 14.2 Å². The normalized spacial score (nSPS) is 21.3. The number of rotatable bonds is 6. The number of methoxy groups -OCH3 is 2. The zero-order valence-corrected chi connectivity index (χ0v) is 15.0. The third kappa shape index (κ3) is 3.49. The first-order chi connectivity index (χ1) is 12.3. The summed E-state index contributed by atoms with van der Waals surface area (Å²) >= 11 is 0. The molecule has 2 aromatic rings. The summed E-state index contributed by atoms with van der Waals surface area (Å²) in [7, 11) is 3.38. The fourth-order valence-corrected chi connectivity index (χ4v) is 3.74. The molecule has 1 atom stereocenters. The van der Waals surface area contributed by atoms with Gasteiger partial charge in [0.25, 0.3) is 0 Å². The molecule has 1 saturated heterocycles. The van der Waals surface area contributed by atoms with Crippen molar-refractivity contribution >= 4 is 0 Å². The molecule has 0 bridgehead atoms. The predicted octanol–water partition coefficient (Wildman–Crippen LogP) is 3.08. The molecule has 1 aliphatic carbocycles. The number of H-pyrrole nitrogens is 1. The molecule has 0 spiro atoms. The van der Waals surface area contributed by atoms with Gasteiger partial charge in [-0.05, 0) is 38.3 Å². The number of nitrogens with one attached hydrogen (secondary N) is 1. The Balaban J connectivity index is 1.46. The fourth-order valence-electron chi connectivity index (χ4n) is 3.74. The first-order valence-electron chi connectivity index (χ1n) is 9.13. The molecular weight excluding hydrogens is 316 g/mol. The second-order valence-electron chi connectivity index (χ2n) is 7.08. The average Bonchev–Trinajstić information content (AvgIpc) is 3.38. The summed E-state index contributed by atoms with van der Waals surface area (Å²) in [4.78, 5) is 7.23. The number of nitrogens with zero attached hydrogens (tertiary/aromatic N) is 3. The van der Waals surface area contributed by atoms with Crippen LogP contribution in [0, 0.1) is 0 Å². The Bertz CT molecular complexity index is 726. The van der Waals surface area contributed by atoms with Crippen LogP contribution in [-0.4, -0.2) is 47.4 Å². The molecule has 25 heavy (non-hydrogen) atoms. The zero-order chi connectivity index (χ0) is 17.2. The molecule has 0 radical (unpaired) electrons. The SMILES string of the molecule is COc1cccc(CN2CCCC(c3n[nH]c(C4CC4)n3)C2)c1OC. The van der Waals surface area contributed by atoms with Gasteiger partial charge in [-0.15, -0.1) is 0 Å². The zero-order valence-electron chi connectivity index (χ0n) is 15.0. The summed E-state index contributed by atoms with van der Waals surface area (Å²) in [6.45, 7) is 2.94. The summed E-state index contributed by atoms with van der Waals surface area (Å²) in [6.07, 6.45) is 4.83. The lowest BCUT2D eigenvalue weighted by Gasteiger charge is -2.31. The standard InChI is InChI=1S/C19H26N4O2/c1-24-16-7-3-5-14(17(16)25-2)11-23-10-4-6-15(12-23)19-20-18(21-22-19)13-8-9-13/h3,5,7,13,15H,4,6,8-12H2,1-2H3,(H,20,21,22). The second kappa shape index (κ2) is 7.04. The van der Waals surface area contributed by atoms with Crippen LogP contribution in [-0.2, 0) is 6.54 Å². The van der Waals surface area contributed by atoms with Crippen LogP contribution in [0.5, 0.6) is 11.5 Å². The average molecular weight is 342 g/mol. The van der Waals surface area contributed by atoms with Gasteiger partial charge in [0.15, 0.2) is 17.3 Å². The maximum Gasteiger partial charge on any atom is 0.165 e. The number of para-hydroxylation sites is 1. The van der Waals surface area contributed by atoms with Crippen molar-refractivity contribution in [3.05, 3.63) is 35.4 Å². The summed E-state index contributed by atoms with van der Waals surface area (Å²) in [6, 6.07) is 6.08. The number of benzene rings is 1. The number of aromatic nitrogens is 3. The van der Waals surface area contributed by atoms with Gasteiger partial charge in [-0.3, -0.25) is 10.00 Å². The first-order valence-corrected chi connectivity index (χ1v) is 9.13. The molecule has 4 rings (SSSR count). The summed E-state index contributed by atoms with van der Waals surface area (Å²) in [5.41, 5.74) is 1.16. The van der Waals surface area contributed by atoms with Crippen molar-refractivity contribution in [1.29, 1.82) is 0 Å². The maximum atomic E-state index is 5.58. The third-order valence-corrected chi connectivity index (χ3v) is 5.23. The Hall–Kier alpha value is -2.08. The van der Waals surface area contributed by atoms with Crippen molar-refractivity contribution in [2.45, 2.75) is 44.1 Å². The topological polar surface area (TPSA) is 63.3 Å². The Morgan fingerprint density at radius 3 is 2.80 bits per heavy atom. The van der Waals surface area contributed by atoms with E-state index < -0.39 is 0 Å². The van der Waals surface area contributed by atoms with E-state index in [2.05, 4.69) is 21.2 Å². The van der Waals surface area contributed by atoms with E-state index in [1.807, 2.05) is 12.1 Å². The third-order valence-electron chi connectivity index (χ3n) is 5.23. The molecule has 1 unspecified atom stereocenters. The lowest BCUT2D eigenvalue weighted by molar-refractivity contribution is 0.194. The van der Waals surface area contributed by atoms with Gasteiger partial charge in [0.05, 0.1) is 14.2 Å². The predicted molar refractivity (Wildman–Crippen MR) is 95.2 cm³/mol. The van der Waals surface area contributed by atoms with Crippen LogP contribution in [0.4, 0.5) is 0 Å². The van der Waals surface area contributed by atoms with E-state index >= 15 is 0 Å². The number of aromatic amines is 1. The molecule has 0 amide bonds. The molecule has 1 N–H and O–H groups in total. The van der Waals surface area contributed by atoms with Crippen LogP contribution in [0.15, 0.2) is 18.2 Å². The molecule has 1 aromatic carbocycles. The van der Waals surface area contributed by atoms with Crippen molar-refractivity contribution in [2.75, 3.05) is 27.3 Å². The highest BCUT2D eigenvalue weighted by molar-refractivity contribution is 5.46. The van der Waals surface area contributed by atoms with Gasteiger partial charge in [0.2, 0.25) is 0 Å². The van der Waals surface area contributed by atoms with Gasteiger partial charge >= 0.3 is 0 Å². The van der Waals surface area contributed by atoms with Crippen molar-refractivity contribution < 1.29 is 9.47 Å². The van der Waals surface area contributed by atoms with Crippen LogP contribution in [0.2, 0.25) is 0 Å². The van der Waals surface area contributed by atoms with E-state index in [4.69, 9.17) is 14.5 Å². The minimum atomic E-state index is 0.411. The smallest absolute Gasteiger partial charge is 0.165 e. The minimum absolute atomic E-state index is 0.411. The minimum Gasteiger partial charge on any atom is -0.493 e. The highest BCUT2D eigenvalue weighted by Crippen LogP contribution is 2.39. The molecule has 2 fully saturated rings. The van der Waals surface area contributed by atoms with E-state index in [1.165, 1.54) is 19.3 Å². The summed E-state index contributed by atoms with van der Waals surface area (Å²) in [5.74, 6) is 4.74. The van der Waals surface area contributed by atoms with Crippen LogP contribution in [0.25, 0.3) is 0 Å². The fraction of sp³-hybridized carbons (Fsp3) is 0.579. The van der Waals surface area contributed by atoms with Crippen LogP contribution in [0.1, 0.15) is 54.7 Å². The second-order valence-corrected chi connectivity index (χ2v) is 7.08. The lowest BCUT2D eigenvalue weighted by atomic mass is 9.97. The van der Waals surface area contributed by atoms with Gasteiger partial charge in [0.1, 0.15) is 5.82 Å². The molecule has 134 valence electrons. The van der Waals surface area contributed by atoms with E-state index in [-0.39, 0.29) is 0 Å². The summed E-state index contributed by atoms with van der Waals surface area (Å²) < 4.78 is 11.0. The van der Waals surface area contributed by atoms with Crippen LogP contribution < -0.4 is 9.47 Å². The number of ether oxygens (including phenoxy) is 2. The van der Waals surface area contributed by atoms with Crippen molar-refractivity contribution in [3.63, 3.8) is 0 Å². The largest absolute Gasteiger partial charge is 0.493 e. The molecule has 2 aliphatic rings. The Morgan fingerprint density at radius 1 is 1.16 bits per heavy atom. The van der Waals surface area contributed by atoms with Crippen molar-refractivity contribution in [3.8, 4) is 11.5 Å². The monoisotopic (exact) mass is 342 g/mol. The lowest BCUT2D eigenvalue weighted by Crippen LogP contribution is -2.34. The van der Waals surface area contributed by atoms with Gasteiger partial charge in [-0.1, -0.05) is 12.1 Å². The molecule has 1 aliphatic heterocycles. The molecule has 6 nitrogen and oxygen atoms in total. The van der Waals surface area contributed by atoms with E-state index in [9.17, 15) is 0 Å². The van der Waals surface area contributed by atoms with Gasteiger partial charge in [-0.2, -0.15) is 5.10 Å². The number of piperidine rings is 1. The van der Waals surface area contributed by atoms with Gasteiger partial charge in [-0.25, -0.2) is 4.98 Å². The van der Waals surface area contributed by atoms with Crippen molar-refractivity contribution in [1.82, 2.24) is 20.1 Å². The first kappa shape index (κ1) is 16.4. The van der Waals surface area contributed by atoms with Crippen LogP contribution in [0.3, 0.4) is 0 Å². The van der Waals surface area contributed by atoms with Gasteiger partial charge in [0, 0.05) is 30.5 Å². The highest BCUT2D eigenvalue weighted by atomic mass is 16.5. The summed E-state index contributed by atoms with van der Waals surface area (Å²) in [5, 5.41) is 7.64. The molecule has 1 aromatic heterocycles. The molecule has 6 heteroatoms. The van der Waals surface area contributed by atoms with Crippen LogP contribution >= 0.6 is 0 Å². The van der Waals surface area contributed by atoms with E-state index in [0.717, 1.165) is 54.8 Å². The quantitative estimate of drug-likeness (QED) is 0.874. The number of hydrogen-bond donors (Lipinski definition) is 1. The molecule has 1 saturated carbocycles. The number of likely N-dealkylation sites (tertiary alicyclic amines) is 1. The Morgan fingerprint density at radius 2 is 2.04 bits per heavy atom. The Kier molecular flexibility index (Phi) is 4.61. The molecular formula is C19H26N4O2. The van der Waals surface area contributed by atoms with Crippen molar-refractivity contribution in [2.24, 2.45) is 0 Å². The van der Waals surface area contributed by atoms with E-state index in [0.29, 0.717) is 11.8 Å². The number of hydrogen-bond acceptors (Lipinski definition) is 5. The van der Waals surface area contributed by atoms with Gasteiger partial charge < -0.3 is 9.47 Å².